The number of aromatic nitrogens is 7. The van der Waals surface area contributed by atoms with E-state index < -0.39 is 5.82 Å². The molecule has 154 valence electrons. The molecule has 8 nitrogen and oxygen atoms in total. The Hall–Kier alpha value is -3.85. The lowest BCUT2D eigenvalue weighted by Crippen LogP contribution is -1.99. The summed E-state index contributed by atoms with van der Waals surface area (Å²) in [5.41, 5.74) is 3.86. The van der Waals surface area contributed by atoms with E-state index in [1.807, 2.05) is 42.0 Å². The topological polar surface area (TPSA) is 85.8 Å². The van der Waals surface area contributed by atoms with E-state index in [0.29, 0.717) is 23.8 Å². The van der Waals surface area contributed by atoms with Crippen LogP contribution in [0.15, 0.2) is 61.2 Å². The molecule has 5 rings (SSSR count). The molecule has 31 heavy (non-hydrogen) atoms. The number of rotatable bonds is 5. The highest BCUT2D eigenvalue weighted by Crippen LogP contribution is 2.22. The van der Waals surface area contributed by atoms with Crippen molar-refractivity contribution in [3.63, 3.8) is 0 Å². The first-order valence-electron chi connectivity index (χ1n) is 9.42. The van der Waals surface area contributed by atoms with Crippen molar-refractivity contribution in [2.24, 2.45) is 7.05 Å². The molecule has 0 aliphatic carbocycles. The van der Waals surface area contributed by atoms with Gasteiger partial charge in [-0.1, -0.05) is 17.7 Å². The van der Waals surface area contributed by atoms with E-state index in [0.717, 1.165) is 22.5 Å². The van der Waals surface area contributed by atoms with Gasteiger partial charge in [0, 0.05) is 37.6 Å². The lowest BCUT2D eigenvalue weighted by molar-refractivity contribution is 0.626. The van der Waals surface area contributed by atoms with Crippen molar-refractivity contribution in [1.29, 1.82) is 0 Å². The quantitative estimate of drug-likeness (QED) is 0.449. The summed E-state index contributed by atoms with van der Waals surface area (Å²) in [7, 11) is 1.84. The number of hydrogen-bond donors (Lipinski definition) is 1. The van der Waals surface area contributed by atoms with Crippen molar-refractivity contribution in [2.45, 2.75) is 6.42 Å². The number of hydrogen-bond acceptors (Lipinski definition) is 6. The van der Waals surface area contributed by atoms with Crippen LogP contribution in [-0.2, 0) is 13.5 Å². The van der Waals surface area contributed by atoms with Gasteiger partial charge >= 0.3 is 0 Å². The van der Waals surface area contributed by atoms with Crippen molar-refractivity contribution < 1.29 is 4.39 Å². The number of fused-ring (bicyclic) bond motifs is 1. The fourth-order valence-electron chi connectivity index (χ4n) is 3.25. The Labute approximate surface area is 181 Å². The predicted molar refractivity (Wildman–Crippen MR) is 115 cm³/mol. The van der Waals surface area contributed by atoms with Gasteiger partial charge in [0.05, 0.1) is 22.6 Å². The lowest BCUT2D eigenvalue weighted by Gasteiger charge is -2.06. The molecule has 10 heteroatoms. The standard InChI is InChI=1S/C21H16ClFN8/c1-30-12-15(11-25-30)26-21-24-6-4-18(27-21)14-5-7-31-19(28-29-20(31)10-14)9-13-2-3-16(22)17(23)8-13/h2-8,10-12H,9H2,1H3,(H,24,26,27). The van der Waals surface area contributed by atoms with Crippen molar-refractivity contribution in [2.75, 3.05) is 5.32 Å². The van der Waals surface area contributed by atoms with Gasteiger partial charge in [-0.05, 0) is 35.9 Å². The van der Waals surface area contributed by atoms with E-state index in [2.05, 4.69) is 30.6 Å². The Morgan fingerprint density at radius 3 is 2.84 bits per heavy atom. The molecule has 0 saturated heterocycles. The zero-order valence-corrected chi connectivity index (χ0v) is 17.1. The summed E-state index contributed by atoms with van der Waals surface area (Å²) in [5, 5.41) is 15.9. The smallest absolute Gasteiger partial charge is 0.227 e. The Morgan fingerprint density at radius 2 is 2.03 bits per heavy atom. The summed E-state index contributed by atoms with van der Waals surface area (Å²) in [6, 6.07) is 10.4. The predicted octanol–water partition coefficient (Wildman–Crippen LogP) is 4.05. The average molecular weight is 435 g/mol. The third-order valence-electron chi connectivity index (χ3n) is 4.74. The Morgan fingerprint density at radius 1 is 1.13 bits per heavy atom. The van der Waals surface area contributed by atoms with Crippen LogP contribution in [-0.4, -0.2) is 34.3 Å². The maximum Gasteiger partial charge on any atom is 0.227 e. The van der Waals surface area contributed by atoms with Gasteiger partial charge in [0.2, 0.25) is 5.95 Å². The van der Waals surface area contributed by atoms with E-state index in [-0.39, 0.29) is 5.02 Å². The molecular formula is C21H16ClFN8. The van der Waals surface area contributed by atoms with Crippen molar-refractivity contribution in [3.8, 4) is 11.3 Å². The average Bonchev–Trinajstić information content (AvgIpc) is 3.36. The zero-order valence-electron chi connectivity index (χ0n) is 16.4. The van der Waals surface area contributed by atoms with Crippen LogP contribution < -0.4 is 5.32 Å². The summed E-state index contributed by atoms with van der Waals surface area (Å²) < 4.78 is 17.3. The molecule has 0 fully saturated rings. The van der Waals surface area contributed by atoms with E-state index in [1.165, 1.54) is 6.07 Å². The Kier molecular flexibility index (Phi) is 4.79. The van der Waals surface area contributed by atoms with E-state index in [4.69, 9.17) is 11.6 Å². The van der Waals surface area contributed by atoms with Gasteiger partial charge in [0.25, 0.3) is 0 Å². The van der Waals surface area contributed by atoms with Gasteiger partial charge in [0.15, 0.2) is 5.65 Å². The Balaban J connectivity index is 1.41. The number of nitrogens with one attached hydrogen (secondary N) is 1. The number of anilines is 2. The molecule has 1 N–H and O–H groups in total. The summed E-state index contributed by atoms with van der Waals surface area (Å²) in [4.78, 5) is 8.84. The molecule has 0 bridgehead atoms. The van der Waals surface area contributed by atoms with Gasteiger partial charge in [-0.25, -0.2) is 14.4 Å². The molecule has 0 saturated carbocycles. The van der Waals surface area contributed by atoms with E-state index in [1.54, 1.807) is 29.2 Å². The minimum absolute atomic E-state index is 0.0988. The van der Waals surface area contributed by atoms with Crippen LogP contribution in [0.4, 0.5) is 16.0 Å². The molecule has 0 radical (unpaired) electrons. The molecule has 0 unspecified atom stereocenters. The van der Waals surface area contributed by atoms with Crippen molar-refractivity contribution in [1.82, 2.24) is 34.3 Å². The van der Waals surface area contributed by atoms with E-state index >= 15 is 0 Å². The highest BCUT2D eigenvalue weighted by molar-refractivity contribution is 6.30. The monoisotopic (exact) mass is 434 g/mol. The molecule has 4 aromatic heterocycles. The molecule has 0 spiro atoms. The van der Waals surface area contributed by atoms with Crippen LogP contribution in [0.1, 0.15) is 11.4 Å². The minimum Gasteiger partial charge on any atom is -0.321 e. The van der Waals surface area contributed by atoms with Gasteiger partial charge in [-0.15, -0.1) is 10.2 Å². The maximum atomic E-state index is 13.7. The second kappa shape index (κ2) is 7.77. The Bertz CT molecular complexity index is 1390. The highest BCUT2D eigenvalue weighted by atomic mass is 35.5. The zero-order chi connectivity index (χ0) is 21.4. The summed E-state index contributed by atoms with van der Waals surface area (Å²) >= 11 is 5.76. The largest absolute Gasteiger partial charge is 0.321 e. The van der Waals surface area contributed by atoms with Gasteiger partial charge in [-0.3, -0.25) is 9.08 Å². The van der Waals surface area contributed by atoms with Crippen molar-refractivity contribution in [3.05, 3.63) is 83.4 Å². The van der Waals surface area contributed by atoms with Crippen LogP contribution in [0.2, 0.25) is 5.02 Å². The normalized spacial score (nSPS) is 11.2. The molecule has 0 aliphatic rings. The first kappa shape index (κ1) is 19.1. The van der Waals surface area contributed by atoms with Crippen LogP contribution in [0.5, 0.6) is 0 Å². The molecule has 0 aliphatic heterocycles. The van der Waals surface area contributed by atoms with Crippen molar-refractivity contribution >= 4 is 28.9 Å². The summed E-state index contributed by atoms with van der Waals surface area (Å²) in [6.45, 7) is 0. The SMILES string of the molecule is Cn1cc(Nc2nccc(-c3ccn4c(Cc5ccc(Cl)c(F)c5)nnc4c3)n2)cn1. The van der Waals surface area contributed by atoms with Crippen LogP contribution in [0, 0.1) is 5.82 Å². The maximum absolute atomic E-state index is 13.7. The molecule has 0 atom stereocenters. The number of aryl methyl sites for hydroxylation is 1. The fraction of sp³-hybridized carbons (Fsp3) is 0.0952. The molecule has 5 aromatic rings. The molecule has 1 aromatic carbocycles. The number of halogens is 2. The first-order valence-corrected chi connectivity index (χ1v) is 9.80. The highest BCUT2D eigenvalue weighted by Gasteiger charge is 2.11. The third kappa shape index (κ3) is 3.95. The second-order valence-corrected chi connectivity index (χ2v) is 7.39. The first-order chi connectivity index (χ1) is 15.0. The molecule has 0 amide bonds. The van der Waals surface area contributed by atoms with Gasteiger partial charge in [0.1, 0.15) is 11.6 Å². The van der Waals surface area contributed by atoms with Crippen LogP contribution in [0.3, 0.4) is 0 Å². The second-order valence-electron chi connectivity index (χ2n) is 6.98. The fourth-order valence-corrected chi connectivity index (χ4v) is 3.36. The molecule has 4 heterocycles. The molecular weight excluding hydrogens is 419 g/mol. The van der Waals surface area contributed by atoms with Crippen LogP contribution in [0.25, 0.3) is 16.9 Å². The number of pyridine rings is 1. The number of benzene rings is 1. The lowest BCUT2D eigenvalue weighted by atomic mass is 10.1. The van der Waals surface area contributed by atoms with E-state index in [9.17, 15) is 4.39 Å². The minimum atomic E-state index is -0.449. The number of nitrogens with zero attached hydrogens (tertiary/aromatic N) is 7. The van der Waals surface area contributed by atoms with Gasteiger partial charge in [-0.2, -0.15) is 5.10 Å². The third-order valence-corrected chi connectivity index (χ3v) is 5.05. The summed E-state index contributed by atoms with van der Waals surface area (Å²) in [5.74, 6) is 0.719. The van der Waals surface area contributed by atoms with Gasteiger partial charge < -0.3 is 5.32 Å². The van der Waals surface area contributed by atoms with Crippen LogP contribution >= 0.6 is 11.6 Å². The summed E-state index contributed by atoms with van der Waals surface area (Å²) in [6.07, 6.45) is 7.54.